The summed E-state index contributed by atoms with van der Waals surface area (Å²) in [7, 11) is 1.79. The van der Waals surface area contributed by atoms with Crippen LogP contribution < -0.4 is 0 Å². The van der Waals surface area contributed by atoms with Crippen LogP contribution in [0.1, 0.15) is 17.7 Å². The normalized spacial score (nSPS) is 21.0. The molecule has 0 N–H and O–H groups in total. The number of rotatable bonds is 2. The van der Waals surface area contributed by atoms with E-state index in [2.05, 4.69) is 28.1 Å². The van der Waals surface area contributed by atoms with Crippen molar-refractivity contribution in [1.82, 2.24) is 0 Å². The minimum atomic E-state index is -0.102. The standard InChI is InChI=1S/C10H13BrO2S/c1-12-10(4-6-13-7-5-10)8-2-3-9(11)14-8/h2-3H,4-7H2,1H3. The summed E-state index contributed by atoms with van der Waals surface area (Å²) in [5.74, 6) is 0. The summed E-state index contributed by atoms with van der Waals surface area (Å²) >= 11 is 5.24. The fourth-order valence-electron chi connectivity index (χ4n) is 1.81. The zero-order chi connectivity index (χ0) is 10.0. The lowest BCUT2D eigenvalue weighted by molar-refractivity contribution is -0.0925. The molecule has 1 aromatic heterocycles. The Hall–Kier alpha value is 0.1000. The van der Waals surface area contributed by atoms with E-state index in [-0.39, 0.29) is 5.60 Å². The number of hydrogen-bond acceptors (Lipinski definition) is 3. The van der Waals surface area contributed by atoms with Gasteiger partial charge in [-0.15, -0.1) is 11.3 Å². The van der Waals surface area contributed by atoms with Gasteiger partial charge in [-0.2, -0.15) is 0 Å². The van der Waals surface area contributed by atoms with E-state index < -0.39 is 0 Å². The first-order valence-corrected chi connectivity index (χ1v) is 6.26. The van der Waals surface area contributed by atoms with E-state index in [1.807, 2.05) is 0 Å². The van der Waals surface area contributed by atoms with Gasteiger partial charge in [-0.3, -0.25) is 0 Å². The molecule has 0 bridgehead atoms. The van der Waals surface area contributed by atoms with Crippen LogP contribution in [-0.2, 0) is 15.1 Å². The lowest BCUT2D eigenvalue weighted by atomic mass is 9.92. The number of halogens is 1. The van der Waals surface area contributed by atoms with Gasteiger partial charge in [0.1, 0.15) is 5.60 Å². The first-order valence-electron chi connectivity index (χ1n) is 4.65. The maximum atomic E-state index is 5.69. The van der Waals surface area contributed by atoms with Gasteiger partial charge < -0.3 is 9.47 Å². The van der Waals surface area contributed by atoms with E-state index in [0.29, 0.717) is 0 Å². The Morgan fingerprint density at radius 2 is 2.14 bits per heavy atom. The third-order valence-electron chi connectivity index (χ3n) is 2.71. The van der Waals surface area contributed by atoms with Crippen LogP contribution in [0.25, 0.3) is 0 Å². The van der Waals surface area contributed by atoms with Crippen molar-refractivity contribution in [3.63, 3.8) is 0 Å². The van der Waals surface area contributed by atoms with Crippen LogP contribution >= 0.6 is 27.3 Å². The molecule has 2 rings (SSSR count). The first-order chi connectivity index (χ1) is 6.77. The Balaban J connectivity index is 2.26. The van der Waals surface area contributed by atoms with Gasteiger partial charge in [0.25, 0.3) is 0 Å². The van der Waals surface area contributed by atoms with Crippen LogP contribution in [0.4, 0.5) is 0 Å². The molecule has 1 aliphatic heterocycles. The van der Waals surface area contributed by atoms with Crippen LogP contribution in [0.3, 0.4) is 0 Å². The Bertz CT molecular complexity index is 305. The van der Waals surface area contributed by atoms with E-state index in [0.717, 1.165) is 29.8 Å². The predicted molar refractivity (Wildman–Crippen MR) is 60.8 cm³/mol. The van der Waals surface area contributed by atoms with Crippen molar-refractivity contribution >= 4 is 27.3 Å². The van der Waals surface area contributed by atoms with Crippen molar-refractivity contribution < 1.29 is 9.47 Å². The zero-order valence-corrected chi connectivity index (χ0v) is 10.5. The van der Waals surface area contributed by atoms with Crippen molar-refractivity contribution in [2.45, 2.75) is 18.4 Å². The SMILES string of the molecule is COC1(c2ccc(Br)s2)CCOCC1. The number of ether oxygens (including phenoxy) is 2. The van der Waals surface area contributed by atoms with E-state index in [1.165, 1.54) is 4.88 Å². The van der Waals surface area contributed by atoms with Crippen molar-refractivity contribution in [1.29, 1.82) is 0 Å². The van der Waals surface area contributed by atoms with Crippen molar-refractivity contribution in [2.75, 3.05) is 20.3 Å². The highest BCUT2D eigenvalue weighted by Gasteiger charge is 2.35. The van der Waals surface area contributed by atoms with Gasteiger partial charge in [-0.25, -0.2) is 0 Å². The molecule has 0 saturated carbocycles. The van der Waals surface area contributed by atoms with Crippen LogP contribution in [0.5, 0.6) is 0 Å². The van der Waals surface area contributed by atoms with E-state index in [9.17, 15) is 0 Å². The van der Waals surface area contributed by atoms with E-state index in [1.54, 1.807) is 18.4 Å². The monoisotopic (exact) mass is 276 g/mol. The third kappa shape index (κ3) is 1.89. The van der Waals surface area contributed by atoms with Crippen molar-refractivity contribution in [3.8, 4) is 0 Å². The fourth-order valence-corrected chi connectivity index (χ4v) is 3.42. The number of thiophene rings is 1. The Labute approximate surface area is 96.4 Å². The highest BCUT2D eigenvalue weighted by Crippen LogP contribution is 2.40. The summed E-state index contributed by atoms with van der Waals surface area (Å²) in [5.41, 5.74) is -0.102. The van der Waals surface area contributed by atoms with Crippen molar-refractivity contribution in [3.05, 3.63) is 20.8 Å². The summed E-state index contributed by atoms with van der Waals surface area (Å²) in [6, 6.07) is 4.22. The molecule has 0 aliphatic carbocycles. The first kappa shape index (κ1) is 10.6. The van der Waals surface area contributed by atoms with Gasteiger partial charge in [0.2, 0.25) is 0 Å². The molecule has 1 saturated heterocycles. The molecular formula is C10H13BrO2S. The van der Waals surface area contributed by atoms with Crippen LogP contribution in [0.2, 0.25) is 0 Å². The van der Waals surface area contributed by atoms with Gasteiger partial charge in [0, 0.05) is 38.0 Å². The molecule has 0 unspecified atom stereocenters. The predicted octanol–water partition coefficient (Wildman–Crippen LogP) is 3.16. The van der Waals surface area contributed by atoms with E-state index in [4.69, 9.17) is 9.47 Å². The summed E-state index contributed by atoms with van der Waals surface area (Å²) in [4.78, 5) is 1.30. The van der Waals surface area contributed by atoms with Gasteiger partial charge in [-0.05, 0) is 28.1 Å². The maximum absolute atomic E-state index is 5.69. The van der Waals surface area contributed by atoms with Gasteiger partial charge in [0.05, 0.1) is 3.79 Å². The maximum Gasteiger partial charge on any atom is 0.106 e. The zero-order valence-electron chi connectivity index (χ0n) is 8.09. The van der Waals surface area contributed by atoms with Crippen LogP contribution in [0.15, 0.2) is 15.9 Å². The molecule has 1 aromatic rings. The average molecular weight is 277 g/mol. The molecule has 1 aliphatic rings. The summed E-state index contributed by atoms with van der Waals surface area (Å²) in [5, 5.41) is 0. The summed E-state index contributed by atoms with van der Waals surface area (Å²) < 4.78 is 12.2. The molecule has 0 amide bonds. The Morgan fingerprint density at radius 3 is 2.64 bits per heavy atom. The van der Waals surface area contributed by atoms with E-state index >= 15 is 0 Å². The molecule has 0 spiro atoms. The average Bonchev–Trinajstić information content (AvgIpc) is 2.66. The summed E-state index contributed by atoms with van der Waals surface area (Å²) in [6.07, 6.45) is 1.91. The highest BCUT2D eigenvalue weighted by molar-refractivity contribution is 9.11. The second kappa shape index (κ2) is 4.31. The van der Waals surface area contributed by atoms with Gasteiger partial charge in [-0.1, -0.05) is 0 Å². The minimum absolute atomic E-state index is 0.102. The second-order valence-electron chi connectivity index (χ2n) is 3.41. The fraction of sp³-hybridized carbons (Fsp3) is 0.600. The molecule has 78 valence electrons. The molecule has 0 radical (unpaired) electrons. The Morgan fingerprint density at radius 1 is 1.43 bits per heavy atom. The molecule has 4 heteroatoms. The van der Waals surface area contributed by atoms with Gasteiger partial charge in [0.15, 0.2) is 0 Å². The second-order valence-corrected chi connectivity index (χ2v) is 5.88. The molecule has 2 heterocycles. The molecule has 1 fully saturated rings. The number of hydrogen-bond donors (Lipinski definition) is 0. The van der Waals surface area contributed by atoms with Gasteiger partial charge >= 0.3 is 0 Å². The number of methoxy groups -OCH3 is 1. The summed E-state index contributed by atoms with van der Waals surface area (Å²) in [6.45, 7) is 1.59. The molecule has 2 nitrogen and oxygen atoms in total. The quantitative estimate of drug-likeness (QED) is 0.826. The molecular weight excluding hydrogens is 264 g/mol. The Kier molecular flexibility index (Phi) is 3.27. The van der Waals surface area contributed by atoms with Crippen LogP contribution in [0, 0.1) is 0 Å². The molecule has 0 atom stereocenters. The third-order valence-corrected chi connectivity index (χ3v) is 4.52. The smallest absolute Gasteiger partial charge is 0.106 e. The lowest BCUT2D eigenvalue weighted by Gasteiger charge is -2.34. The molecule has 0 aromatic carbocycles. The lowest BCUT2D eigenvalue weighted by Crippen LogP contribution is -2.34. The molecule has 14 heavy (non-hydrogen) atoms. The highest BCUT2D eigenvalue weighted by atomic mass is 79.9. The largest absolute Gasteiger partial charge is 0.381 e. The topological polar surface area (TPSA) is 18.5 Å². The minimum Gasteiger partial charge on any atom is -0.381 e. The van der Waals surface area contributed by atoms with Crippen molar-refractivity contribution in [2.24, 2.45) is 0 Å². The van der Waals surface area contributed by atoms with Crippen LogP contribution in [-0.4, -0.2) is 20.3 Å².